The molecule has 2 saturated heterocycles. The Balaban J connectivity index is 1.39. The molecule has 0 saturated carbocycles. The number of nitrogens with zero attached hydrogens (tertiary/aromatic N) is 5. The van der Waals surface area contributed by atoms with Crippen LogP contribution in [0.5, 0.6) is 0 Å². The van der Waals surface area contributed by atoms with Gasteiger partial charge in [0.05, 0.1) is 18.9 Å². The van der Waals surface area contributed by atoms with Crippen LogP contribution in [0.1, 0.15) is 43.4 Å². The number of anilines is 2. The van der Waals surface area contributed by atoms with Crippen molar-refractivity contribution in [3.63, 3.8) is 0 Å². The van der Waals surface area contributed by atoms with Crippen LogP contribution in [0.25, 0.3) is 0 Å². The zero-order valence-electron chi connectivity index (χ0n) is 21.6. The molecular formula is C27H35FN6O3. The lowest BCUT2D eigenvalue weighted by molar-refractivity contribution is -0.116. The molecule has 5 rings (SSSR count). The quantitative estimate of drug-likeness (QED) is 0.572. The Labute approximate surface area is 217 Å². The summed E-state index contributed by atoms with van der Waals surface area (Å²) in [6, 6.07) is 5.03. The molecule has 2 fully saturated rings. The molecule has 4 heterocycles. The van der Waals surface area contributed by atoms with E-state index in [1.807, 2.05) is 13.0 Å². The third-order valence-corrected chi connectivity index (χ3v) is 7.43. The summed E-state index contributed by atoms with van der Waals surface area (Å²) >= 11 is 0. The van der Waals surface area contributed by atoms with Gasteiger partial charge in [0.2, 0.25) is 0 Å². The summed E-state index contributed by atoms with van der Waals surface area (Å²) in [5.41, 5.74) is 3.50. The van der Waals surface area contributed by atoms with Gasteiger partial charge in [0, 0.05) is 50.5 Å². The molecule has 0 bridgehead atoms. The number of ether oxygens (including phenoxy) is 2. The maximum absolute atomic E-state index is 14.3. The fourth-order valence-corrected chi connectivity index (χ4v) is 5.26. The minimum Gasteiger partial charge on any atom is -0.381 e. The summed E-state index contributed by atoms with van der Waals surface area (Å²) < 4.78 is 25.2. The monoisotopic (exact) mass is 510 g/mol. The van der Waals surface area contributed by atoms with Gasteiger partial charge >= 0.3 is 0 Å². The molecule has 0 radical (unpaired) electrons. The second-order valence-electron chi connectivity index (χ2n) is 9.94. The first-order chi connectivity index (χ1) is 18.0. The first kappa shape index (κ1) is 25.7. The fourth-order valence-electron chi connectivity index (χ4n) is 5.26. The largest absolute Gasteiger partial charge is 0.381 e. The molecule has 198 valence electrons. The van der Waals surface area contributed by atoms with Gasteiger partial charge in [0.25, 0.3) is 5.91 Å². The van der Waals surface area contributed by atoms with Crippen molar-refractivity contribution in [1.29, 1.82) is 0 Å². The zero-order valence-corrected chi connectivity index (χ0v) is 21.6. The number of amides is 1. The average Bonchev–Trinajstić information content (AvgIpc) is 3.27. The number of rotatable bonds is 7. The third-order valence-electron chi connectivity index (χ3n) is 7.43. The Morgan fingerprint density at radius 1 is 1.16 bits per heavy atom. The van der Waals surface area contributed by atoms with Crippen LogP contribution < -0.4 is 10.2 Å². The molecule has 37 heavy (non-hydrogen) atoms. The number of hydrogen-bond acceptors (Lipinski definition) is 8. The Kier molecular flexibility index (Phi) is 8.07. The van der Waals surface area contributed by atoms with Crippen molar-refractivity contribution in [2.24, 2.45) is 4.99 Å². The van der Waals surface area contributed by atoms with E-state index in [2.05, 4.69) is 25.1 Å². The van der Waals surface area contributed by atoms with E-state index < -0.39 is 0 Å². The van der Waals surface area contributed by atoms with E-state index in [4.69, 9.17) is 14.5 Å². The number of halogens is 1. The molecule has 1 aromatic heterocycles. The number of hydrogen-bond donors (Lipinski definition) is 1. The van der Waals surface area contributed by atoms with Crippen molar-refractivity contribution >= 4 is 28.8 Å². The Morgan fingerprint density at radius 3 is 2.70 bits per heavy atom. The lowest BCUT2D eigenvalue weighted by Crippen LogP contribution is -2.41. The van der Waals surface area contributed by atoms with E-state index in [0.717, 1.165) is 63.4 Å². The average molecular weight is 511 g/mol. The van der Waals surface area contributed by atoms with Crippen molar-refractivity contribution in [3.8, 4) is 0 Å². The van der Waals surface area contributed by atoms with Crippen molar-refractivity contribution in [3.05, 3.63) is 41.6 Å². The number of carbonyl (C=O) groups excluding carboxylic acids is 1. The molecular weight excluding hydrogens is 475 g/mol. The molecule has 1 aromatic carbocycles. The number of morpholine rings is 1. The first-order valence-electron chi connectivity index (χ1n) is 13.1. The van der Waals surface area contributed by atoms with Crippen LogP contribution in [0.3, 0.4) is 0 Å². The Morgan fingerprint density at radius 2 is 1.92 bits per heavy atom. The van der Waals surface area contributed by atoms with Gasteiger partial charge in [-0.3, -0.25) is 9.69 Å². The molecule has 1 N–H and O–H groups in total. The van der Waals surface area contributed by atoms with Gasteiger partial charge in [-0.05, 0) is 63.4 Å². The highest BCUT2D eigenvalue weighted by molar-refractivity contribution is 6.38. The highest BCUT2D eigenvalue weighted by Crippen LogP contribution is 2.45. The Bertz CT molecular complexity index is 1150. The molecule has 3 aliphatic heterocycles. The predicted octanol–water partition coefficient (Wildman–Crippen LogP) is 3.27. The molecule has 1 atom stereocenters. The molecule has 9 nitrogen and oxygen atoms in total. The summed E-state index contributed by atoms with van der Waals surface area (Å²) in [7, 11) is 0. The van der Waals surface area contributed by atoms with Crippen molar-refractivity contribution in [1.82, 2.24) is 20.2 Å². The van der Waals surface area contributed by atoms with Crippen molar-refractivity contribution in [2.45, 2.75) is 45.1 Å². The highest BCUT2D eigenvalue weighted by atomic mass is 19.1. The number of nitrogens with one attached hydrogen (secondary N) is 1. The second kappa shape index (κ2) is 11.6. The summed E-state index contributed by atoms with van der Waals surface area (Å²) in [4.78, 5) is 31.0. The van der Waals surface area contributed by atoms with Crippen LogP contribution in [0, 0.1) is 12.7 Å². The minimum atomic E-state index is -0.241. The van der Waals surface area contributed by atoms with E-state index in [9.17, 15) is 9.18 Å². The fraction of sp³-hybridized carbons (Fsp3) is 0.556. The van der Waals surface area contributed by atoms with Gasteiger partial charge in [-0.2, -0.15) is 0 Å². The van der Waals surface area contributed by atoms with Crippen LogP contribution in [-0.4, -0.2) is 85.1 Å². The second-order valence-corrected chi connectivity index (χ2v) is 9.94. The summed E-state index contributed by atoms with van der Waals surface area (Å²) in [6.07, 6.45) is 4.02. The minimum absolute atomic E-state index is 0.0894. The number of aryl methyl sites for hydroxylation is 1. The maximum Gasteiger partial charge on any atom is 0.265 e. The first-order valence-corrected chi connectivity index (χ1v) is 13.1. The van der Waals surface area contributed by atoms with Crippen LogP contribution in [0.4, 0.5) is 21.6 Å². The summed E-state index contributed by atoms with van der Waals surface area (Å²) in [5, 5.41) is 3.06. The van der Waals surface area contributed by atoms with Gasteiger partial charge in [-0.1, -0.05) is 0 Å². The lowest BCUT2D eigenvalue weighted by Gasteiger charge is -2.27. The number of benzene rings is 1. The molecule has 0 aliphatic carbocycles. The van der Waals surface area contributed by atoms with Gasteiger partial charge in [0.1, 0.15) is 23.5 Å². The van der Waals surface area contributed by atoms with Crippen LogP contribution in [0.15, 0.2) is 29.5 Å². The Hall–Kier alpha value is -2.95. The molecule has 0 spiro atoms. The summed E-state index contributed by atoms with van der Waals surface area (Å²) in [6.45, 7) is 9.82. The third kappa shape index (κ3) is 5.97. The van der Waals surface area contributed by atoms with E-state index in [-0.39, 0.29) is 23.7 Å². The maximum atomic E-state index is 14.3. The normalized spacial score (nSPS) is 21.2. The van der Waals surface area contributed by atoms with Crippen molar-refractivity contribution in [2.75, 3.05) is 57.5 Å². The highest BCUT2D eigenvalue weighted by Gasteiger charge is 2.33. The topological polar surface area (TPSA) is 92.2 Å². The standard InChI is InChI=1S/C27H35FN6O3/c1-18-25(31-19(2)27(35)32-22-6-11-36-12-7-22)26(30-17-29-18)34-16-20(5-8-33-9-13-37-14-10-33)23-15-21(28)3-4-24(23)34/h3-4,15,17,20,22H,5-14,16H2,1-2H3,(H,32,35)/b31-19+. The van der Waals surface area contributed by atoms with Crippen LogP contribution >= 0.6 is 0 Å². The van der Waals surface area contributed by atoms with E-state index in [1.54, 1.807) is 13.0 Å². The van der Waals surface area contributed by atoms with Gasteiger partial charge in [0.15, 0.2) is 5.82 Å². The SMILES string of the molecule is C/C(=N\c1c(C)ncnc1N1CC(CCN2CCOCC2)c2cc(F)ccc21)C(=O)NC1CCOCC1. The summed E-state index contributed by atoms with van der Waals surface area (Å²) in [5.74, 6) is 0.342. The number of aliphatic imine (C=N–C) groups is 1. The molecule has 2 aromatic rings. The van der Waals surface area contributed by atoms with Gasteiger partial charge < -0.3 is 19.7 Å². The molecule has 3 aliphatic rings. The van der Waals surface area contributed by atoms with Crippen LogP contribution in [0.2, 0.25) is 0 Å². The lowest BCUT2D eigenvalue weighted by atomic mass is 9.97. The number of carbonyl (C=O) groups is 1. The molecule has 10 heteroatoms. The smallest absolute Gasteiger partial charge is 0.265 e. The van der Waals surface area contributed by atoms with Gasteiger partial charge in [-0.25, -0.2) is 19.4 Å². The number of aromatic nitrogens is 2. The van der Waals surface area contributed by atoms with E-state index in [0.29, 0.717) is 42.7 Å². The van der Waals surface area contributed by atoms with E-state index in [1.165, 1.54) is 12.4 Å². The van der Waals surface area contributed by atoms with E-state index >= 15 is 0 Å². The van der Waals surface area contributed by atoms with Crippen LogP contribution in [-0.2, 0) is 14.3 Å². The zero-order chi connectivity index (χ0) is 25.8. The molecule has 1 amide bonds. The predicted molar refractivity (Wildman–Crippen MR) is 140 cm³/mol. The van der Waals surface area contributed by atoms with Crippen molar-refractivity contribution < 1.29 is 18.7 Å². The molecule has 1 unspecified atom stereocenters. The number of fused-ring (bicyclic) bond motifs is 1. The van der Waals surface area contributed by atoms with Gasteiger partial charge in [-0.15, -0.1) is 0 Å².